The summed E-state index contributed by atoms with van der Waals surface area (Å²) in [6.45, 7) is 8.44. The lowest BCUT2D eigenvalue weighted by Crippen LogP contribution is -2.40. The molecule has 94 valence electrons. The molecule has 1 saturated carbocycles. The van der Waals surface area contributed by atoms with Gasteiger partial charge in [0.15, 0.2) is 0 Å². The van der Waals surface area contributed by atoms with Crippen molar-refractivity contribution in [2.45, 2.75) is 45.6 Å². The number of likely N-dealkylation sites (N-methyl/N-ethyl adjacent to an activating group) is 1. The van der Waals surface area contributed by atoms with E-state index in [1.54, 1.807) is 0 Å². The Balaban J connectivity index is 1.76. The second-order valence-electron chi connectivity index (χ2n) is 6.10. The third-order valence-corrected chi connectivity index (χ3v) is 4.71. The molecule has 0 aromatic heterocycles. The summed E-state index contributed by atoms with van der Waals surface area (Å²) in [6, 6.07) is 0.779. The molecule has 2 fully saturated rings. The van der Waals surface area contributed by atoms with Crippen molar-refractivity contribution in [1.29, 1.82) is 0 Å². The van der Waals surface area contributed by atoms with Crippen LogP contribution >= 0.6 is 0 Å². The van der Waals surface area contributed by atoms with Crippen LogP contribution in [0.5, 0.6) is 0 Å². The Bertz CT molecular complexity index is 217. The molecule has 2 rings (SSSR count). The molecule has 2 aliphatic rings. The molecule has 16 heavy (non-hydrogen) atoms. The number of nitrogens with one attached hydrogen (secondary N) is 1. The van der Waals surface area contributed by atoms with E-state index in [1.807, 2.05) is 0 Å². The molecular formula is C14H28N2. The fourth-order valence-electron chi connectivity index (χ4n) is 3.57. The fourth-order valence-corrected chi connectivity index (χ4v) is 3.57. The Labute approximate surface area is 101 Å². The van der Waals surface area contributed by atoms with E-state index in [-0.39, 0.29) is 0 Å². The Morgan fingerprint density at radius 2 is 2.19 bits per heavy atom. The molecule has 1 saturated heterocycles. The fraction of sp³-hybridized carbons (Fsp3) is 1.00. The van der Waals surface area contributed by atoms with E-state index in [2.05, 4.69) is 31.1 Å². The lowest BCUT2D eigenvalue weighted by Gasteiger charge is -2.26. The van der Waals surface area contributed by atoms with Crippen LogP contribution in [0.4, 0.5) is 0 Å². The lowest BCUT2D eigenvalue weighted by atomic mass is 9.93. The first kappa shape index (κ1) is 12.4. The number of hydrogen-bond donors (Lipinski definition) is 1. The summed E-state index contributed by atoms with van der Waals surface area (Å²) >= 11 is 0. The van der Waals surface area contributed by atoms with E-state index >= 15 is 0 Å². The maximum absolute atomic E-state index is 3.74. The standard InChI is InChI=1S/C14H28N2/c1-4-11(2)9-16(3)10-14-13-7-5-6-12(13)8-15-14/h11-15H,4-10H2,1-3H3. The Hall–Kier alpha value is -0.0800. The van der Waals surface area contributed by atoms with Crippen LogP contribution in [0.2, 0.25) is 0 Å². The zero-order valence-electron chi connectivity index (χ0n) is 11.2. The summed E-state index contributed by atoms with van der Waals surface area (Å²) in [7, 11) is 2.29. The summed E-state index contributed by atoms with van der Waals surface area (Å²) in [6.07, 6.45) is 5.72. The van der Waals surface area contributed by atoms with Gasteiger partial charge in [-0.2, -0.15) is 0 Å². The molecule has 0 spiro atoms. The summed E-state index contributed by atoms with van der Waals surface area (Å²) in [4.78, 5) is 2.53. The number of nitrogens with zero attached hydrogens (tertiary/aromatic N) is 1. The highest BCUT2D eigenvalue weighted by molar-refractivity contribution is 4.95. The summed E-state index contributed by atoms with van der Waals surface area (Å²) < 4.78 is 0. The molecule has 4 atom stereocenters. The van der Waals surface area contributed by atoms with Crippen LogP contribution in [0.25, 0.3) is 0 Å². The van der Waals surface area contributed by atoms with Gasteiger partial charge in [0.05, 0.1) is 0 Å². The Kier molecular flexibility index (Phi) is 4.26. The topological polar surface area (TPSA) is 15.3 Å². The molecule has 2 heteroatoms. The van der Waals surface area contributed by atoms with Gasteiger partial charge in [-0.25, -0.2) is 0 Å². The van der Waals surface area contributed by atoms with Crippen molar-refractivity contribution in [2.24, 2.45) is 17.8 Å². The first-order valence-electron chi connectivity index (χ1n) is 7.12. The van der Waals surface area contributed by atoms with Crippen molar-refractivity contribution in [2.75, 3.05) is 26.7 Å². The number of hydrogen-bond acceptors (Lipinski definition) is 2. The minimum atomic E-state index is 0.779. The highest BCUT2D eigenvalue weighted by Crippen LogP contribution is 2.37. The van der Waals surface area contributed by atoms with Gasteiger partial charge < -0.3 is 10.2 Å². The van der Waals surface area contributed by atoms with Crippen LogP contribution in [0.15, 0.2) is 0 Å². The largest absolute Gasteiger partial charge is 0.312 e. The van der Waals surface area contributed by atoms with Crippen LogP contribution in [-0.2, 0) is 0 Å². The third-order valence-electron chi connectivity index (χ3n) is 4.71. The monoisotopic (exact) mass is 224 g/mol. The smallest absolute Gasteiger partial charge is 0.0226 e. The van der Waals surface area contributed by atoms with Gasteiger partial charge in [0, 0.05) is 19.1 Å². The van der Waals surface area contributed by atoms with Gasteiger partial charge in [-0.05, 0) is 44.2 Å². The van der Waals surface area contributed by atoms with Crippen LogP contribution in [-0.4, -0.2) is 37.6 Å². The molecule has 1 heterocycles. The van der Waals surface area contributed by atoms with E-state index < -0.39 is 0 Å². The van der Waals surface area contributed by atoms with Gasteiger partial charge in [0.2, 0.25) is 0 Å². The predicted octanol–water partition coefficient (Wildman–Crippen LogP) is 2.35. The van der Waals surface area contributed by atoms with E-state index in [9.17, 15) is 0 Å². The molecule has 1 aliphatic heterocycles. The van der Waals surface area contributed by atoms with Crippen molar-refractivity contribution in [1.82, 2.24) is 10.2 Å². The van der Waals surface area contributed by atoms with Gasteiger partial charge >= 0.3 is 0 Å². The maximum Gasteiger partial charge on any atom is 0.0226 e. The first-order chi connectivity index (χ1) is 7.70. The molecule has 1 N–H and O–H groups in total. The first-order valence-corrected chi connectivity index (χ1v) is 7.12. The summed E-state index contributed by atoms with van der Waals surface area (Å²) in [5, 5.41) is 3.74. The van der Waals surface area contributed by atoms with Crippen molar-refractivity contribution < 1.29 is 0 Å². The molecule has 0 aromatic rings. The minimum Gasteiger partial charge on any atom is -0.312 e. The average Bonchev–Trinajstić information content (AvgIpc) is 2.82. The minimum absolute atomic E-state index is 0.779. The SMILES string of the molecule is CCC(C)CN(C)CC1NCC2CCCC21. The summed E-state index contributed by atoms with van der Waals surface area (Å²) in [5.41, 5.74) is 0. The van der Waals surface area contributed by atoms with E-state index in [1.165, 1.54) is 45.3 Å². The molecule has 2 nitrogen and oxygen atoms in total. The molecule has 0 radical (unpaired) electrons. The van der Waals surface area contributed by atoms with Crippen molar-refractivity contribution >= 4 is 0 Å². The van der Waals surface area contributed by atoms with Crippen LogP contribution in [0, 0.1) is 17.8 Å². The molecule has 1 aliphatic carbocycles. The molecular weight excluding hydrogens is 196 g/mol. The lowest BCUT2D eigenvalue weighted by molar-refractivity contribution is 0.236. The molecule has 0 bridgehead atoms. The number of fused-ring (bicyclic) bond motifs is 1. The highest BCUT2D eigenvalue weighted by Gasteiger charge is 2.38. The van der Waals surface area contributed by atoms with Crippen LogP contribution in [0.3, 0.4) is 0 Å². The molecule has 0 amide bonds. The molecule has 0 aromatic carbocycles. The second kappa shape index (κ2) is 5.50. The van der Waals surface area contributed by atoms with Crippen molar-refractivity contribution in [3.8, 4) is 0 Å². The zero-order chi connectivity index (χ0) is 11.5. The zero-order valence-corrected chi connectivity index (χ0v) is 11.2. The molecule has 4 unspecified atom stereocenters. The predicted molar refractivity (Wildman–Crippen MR) is 69.6 cm³/mol. The van der Waals surface area contributed by atoms with Gasteiger partial charge in [-0.3, -0.25) is 0 Å². The number of rotatable bonds is 5. The highest BCUT2D eigenvalue weighted by atomic mass is 15.1. The second-order valence-corrected chi connectivity index (χ2v) is 6.10. The third kappa shape index (κ3) is 2.78. The van der Waals surface area contributed by atoms with E-state index in [0.717, 1.165) is 23.8 Å². The van der Waals surface area contributed by atoms with Gasteiger partial charge in [0.25, 0.3) is 0 Å². The van der Waals surface area contributed by atoms with Gasteiger partial charge in [-0.1, -0.05) is 26.7 Å². The Morgan fingerprint density at radius 3 is 2.94 bits per heavy atom. The van der Waals surface area contributed by atoms with Crippen molar-refractivity contribution in [3.63, 3.8) is 0 Å². The van der Waals surface area contributed by atoms with E-state index in [0.29, 0.717) is 0 Å². The van der Waals surface area contributed by atoms with Crippen LogP contribution < -0.4 is 5.32 Å². The van der Waals surface area contributed by atoms with E-state index in [4.69, 9.17) is 0 Å². The quantitative estimate of drug-likeness (QED) is 0.771. The normalized spacial score (nSPS) is 35.6. The van der Waals surface area contributed by atoms with Gasteiger partial charge in [-0.15, -0.1) is 0 Å². The maximum atomic E-state index is 3.74. The van der Waals surface area contributed by atoms with Crippen molar-refractivity contribution in [3.05, 3.63) is 0 Å². The Morgan fingerprint density at radius 1 is 1.38 bits per heavy atom. The van der Waals surface area contributed by atoms with Gasteiger partial charge in [0.1, 0.15) is 0 Å². The summed E-state index contributed by atoms with van der Waals surface area (Å²) in [5.74, 6) is 2.83. The van der Waals surface area contributed by atoms with Crippen LogP contribution in [0.1, 0.15) is 39.5 Å². The average molecular weight is 224 g/mol.